The first-order valence-electron chi connectivity index (χ1n) is 9.95. The van der Waals surface area contributed by atoms with Crippen LogP contribution in [-0.4, -0.2) is 29.0 Å². The normalized spacial score (nSPS) is 20.3. The Kier molecular flexibility index (Phi) is 5.87. The molecule has 2 aliphatic rings. The Morgan fingerprint density at radius 2 is 2.03 bits per heavy atom. The molecule has 0 spiro atoms. The number of carbonyl (C=O) groups excluding carboxylic acids is 1. The van der Waals surface area contributed by atoms with Crippen molar-refractivity contribution in [1.82, 2.24) is 14.9 Å². The number of halogens is 4. The zero-order valence-electron chi connectivity index (χ0n) is 17.7. The molecule has 2 atom stereocenters. The van der Waals surface area contributed by atoms with E-state index in [1.54, 1.807) is 17.7 Å². The lowest BCUT2D eigenvalue weighted by Gasteiger charge is -2.27. The van der Waals surface area contributed by atoms with Crippen molar-refractivity contribution in [3.63, 3.8) is 0 Å². The highest BCUT2D eigenvalue weighted by molar-refractivity contribution is 6.31. The van der Waals surface area contributed by atoms with Crippen LogP contribution in [0.4, 0.5) is 23.8 Å². The topological polar surface area (TPSA) is 68.6 Å². The molecule has 1 aliphatic carbocycles. The molecule has 2 aromatic rings. The third-order valence-corrected chi connectivity index (χ3v) is 5.57. The summed E-state index contributed by atoms with van der Waals surface area (Å²) in [7, 11) is 1.55. The van der Waals surface area contributed by atoms with Crippen molar-refractivity contribution >= 4 is 29.1 Å². The number of nitrogens with one attached hydrogen (secondary N) is 1. The van der Waals surface area contributed by atoms with Crippen LogP contribution >= 0.6 is 11.6 Å². The Morgan fingerprint density at radius 1 is 1.30 bits per heavy atom. The molecule has 0 saturated heterocycles. The van der Waals surface area contributed by atoms with Crippen molar-refractivity contribution in [3.8, 4) is 17.5 Å². The summed E-state index contributed by atoms with van der Waals surface area (Å²) in [5.74, 6) is 0.0975. The van der Waals surface area contributed by atoms with Crippen LogP contribution in [0, 0.1) is 11.8 Å². The van der Waals surface area contributed by atoms with Crippen molar-refractivity contribution < 1.29 is 27.4 Å². The second-order valence-corrected chi connectivity index (χ2v) is 8.14. The van der Waals surface area contributed by atoms with Crippen molar-refractivity contribution in [2.45, 2.75) is 19.8 Å². The maximum absolute atomic E-state index is 12.6. The molecular weight excluding hydrogens is 461 g/mol. The summed E-state index contributed by atoms with van der Waals surface area (Å²) in [5.41, 5.74) is 0.877. The molecule has 1 aromatic carbocycles. The standard InChI is InChI=1S/C22H20ClF3N4O3/c1-12-9-15(23)8-7-14(12)11-30-18-13(2)27-20(31)29(3)19(18)28-21(30)32-16-5-4-6-17(10-16)33-22(24,25)26/h4-10,12,14H,2,11H2,1,3H3,(H,27,31). The van der Waals surface area contributed by atoms with Gasteiger partial charge in [0.2, 0.25) is 0 Å². The lowest BCUT2D eigenvalue weighted by atomic mass is 9.90. The van der Waals surface area contributed by atoms with Gasteiger partial charge in [0.25, 0.3) is 0 Å². The molecule has 1 N–H and O–H groups in total. The predicted molar refractivity (Wildman–Crippen MR) is 117 cm³/mol. The number of aromatic nitrogens is 2. The maximum atomic E-state index is 12.6. The van der Waals surface area contributed by atoms with Crippen molar-refractivity contribution in [2.24, 2.45) is 11.8 Å². The van der Waals surface area contributed by atoms with E-state index in [0.29, 0.717) is 28.8 Å². The quantitative estimate of drug-likeness (QED) is 0.600. The van der Waals surface area contributed by atoms with Gasteiger partial charge in [0, 0.05) is 30.6 Å². The number of hydrogen-bond donors (Lipinski definition) is 1. The molecular formula is C22H20ClF3N4O3. The first kappa shape index (κ1) is 22.8. The van der Waals surface area contributed by atoms with Gasteiger partial charge in [-0.1, -0.05) is 43.3 Å². The molecule has 174 valence electrons. The van der Waals surface area contributed by atoms with Crippen LogP contribution in [0.3, 0.4) is 0 Å². The van der Waals surface area contributed by atoms with E-state index in [1.807, 2.05) is 19.1 Å². The first-order chi connectivity index (χ1) is 15.5. The number of benzene rings is 1. The molecule has 2 unspecified atom stereocenters. The summed E-state index contributed by atoms with van der Waals surface area (Å²) >= 11 is 6.10. The molecule has 33 heavy (non-hydrogen) atoms. The number of carbonyl (C=O) groups is 1. The number of allylic oxidation sites excluding steroid dienone is 4. The number of nitrogens with zero attached hydrogens (tertiary/aromatic N) is 3. The van der Waals surface area contributed by atoms with E-state index in [4.69, 9.17) is 16.3 Å². The largest absolute Gasteiger partial charge is 0.573 e. The van der Waals surface area contributed by atoms with E-state index in [2.05, 4.69) is 21.6 Å². The van der Waals surface area contributed by atoms with Gasteiger partial charge >= 0.3 is 18.4 Å². The van der Waals surface area contributed by atoms with Gasteiger partial charge in [-0.15, -0.1) is 13.2 Å². The van der Waals surface area contributed by atoms with Crippen LogP contribution in [0.1, 0.15) is 12.6 Å². The van der Waals surface area contributed by atoms with E-state index in [9.17, 15) is 18.0 Å². The van der Waals surface area contributed by atoms with E-state index in [0.717, 1.165) is 6.07 Å². The van der Waals surface area contributed by atoms with Crippen LogP contribution in [0.15, 0.2) is 54.1 Å². The summed E-state index contributed by atoms with van der Waals surface area (Å²) < 4.78 is 49.4. The highest BCUT2D eigenvalue weighted by atomic mass is 35.5. The Labute approximate surface area is 192 Å². The number of alkyl halides is 3. The fourth-order valence-corrected chi connectivity index (χ4v) is 3.94. The molecule has 1 aliphatic heterocycles. The SMILES string of the molecule is C=C1NC(=O)N(C)c2nc(Oc3cccc(OC(F)(F)F)c3)n(CC3C=CC(Cl)=CC3C)c21. The van der Waals surface area contributed by atoms with Gasteiger partial charge in [-0.2, -0.15) is 4.98 Å². The fourth-order valence-electron chi connectivity index (χ4n) is 3.67. The van der Waals surface area contributed by atoms with Crippen LogP contribution in [-0.2, 0) is 6.54 Å². The highest BCUT2D eigenvalue weighted by Gasteiger charge is 2.33. The van der Waals surface area contributed by atoms with Gasteiger partial charge < -0.3 is 14.8 Å². The number of rotatable bonds is 5. The van der Waals surface area contributed by atoms with Gasteiger partial charge in [-0.05, 0) is 24.1 Å². The zero-order valence-corrected chi connectivity index (χ0v) is 18.4. The molecule has 7 nitrogen and oxygen atoms in total. The Balaban J connectivity index is 1.72. The van der Waals surface area contributed by atoms with Crippen LogP contribution in [0.5, 0.6) is 17.5 Å². The number of ether oxygens (including phenoxy) is 2. The third-order valence-electron chi connectivity index (χ3n) is 5.32. The average molecular weight is 481 g/mol. The third kappa shape index (κ3) is 4.85. The van der Waals surface area contributed by atoms with Gasteiger partial charge in [0.05, 0.1) is 5.70 Å². The van der Waals surface area contributed by atoms with Crippen LogP contribution in [0.2, 0.25) is 0 Å². The minimum Gasteiger partial charge on any atom is -0.425 e. The second kappa shape index (κ2) is 8.51. The van der Waals surface area contributed by atoms with E-state index >= 15 is 0 Å². The van der Waals surface area contributed by atoms with Crippen LogP contribution in [0.25, 0.3) is 5.70 Å². The number of amides is 2. The summed E-state index contributed by atoms with van der Waals surface area (Å²) in [6, 6.07) is 4.81. The Morgan fingerprint density at radius 3 is 2.73 bits per heavy atom. The van der Waals surface area contributed by atoms with E-state index < -0.39 is 18.1 Å². The van der Waals surface area contributed by atoms with Crippen molar-refractivity contribution in [2.75, 3.05) is 11.9 Å². The van der Waals surface area contributed by atoms with Gasteiger partial charge in [-0.25, -0.2) is 4.79 Å². The van der Waals surface area contributed by atoms with Gasteiger partial charge in [-0.3, -0.25) is 9.47 Å². The molecule has 0 bridgehead atoms. The Bertz CT molecular complexity index is 1170. The molecule has 0 saturated carbocycles. The summed E-state index contributed by atoms with van der Waals surface area (Å²) in [5, 5.41) is 3.31. The van der Waals surface area contributed by atoms with E-state index in [-0.39, 0.29) is 23.6 Å². The molecule has 0 fully saturated rings. The molecule has 2 heterocycles. The smallest absolute Gasteiger partial charge is 0.425 e. The maximum Gasteiger partial charge on any atom is 0.573 e. The summed E-state index contributed by atoms with van der Waals surface area (Å²) in [6.45, 7) is 6.34. The minimum absolute atomic E-state index is 0.0174. The number of fused-ring (bicyclic) bond motifs is 1. The van der Waals surface area contributed by atoms with E-state index in [1.165, 1.54) is 23.1 Å². The molecule has 11 heteroatoms. The number of anilines is 1. The molecule has 4 rings (SSSR count). The van der Waals surface area contributed by atoms with Gasteiger partial charge in [0.1, 0.15) is 17.2 Å². The number of urea groups is 1. The Hall–Kier alpha value is -3.40. The number of imidazole rings is 1. The highest BCUT2D eigenvalue weighted by Crippen LogP contribution is 2.37. The lowest BCUT2D eigenvalue weighted by molar-refractivity contribution is -0.274. The average Bonchev–Trinajstić information content (AvgIpc) is 3.06. The number of hydrogen-bond acceptors (Lipinski definition) is 4. The molecule has 1 aromatic heterocycles. The monoisotopic (exact) mass is 480 g/mol. The van der Waals surface area contributed by atoms with Crippen LogP contribution < -0.4 is 19.7 Å². The zero-order chi connectivity index (χ0) is 23.9. The second-order valence-electron chi connectivity index (χ2n) is 7.70. The summed E-state index contributed by atoms with van der Waals surface area (Å²) in [4.78, 5) is 18.0. The van der Waals surface area contributed by atoms with Crippen molar-refractivity contribution in [1.29, 1.82) is 0 Å². The molecule has 0 radical (unpaired) electrons. The fraction of sp³-hybridized carbons (Fsp3) is 0.273. The first-order valence-corrected chi connectivity index (χ1v) is 10.3. The predicted octanol–water partition coefficient (Wildman–Crippen LogP) is 5.65. The van der Waals surface area contributed by atoms with Gasteiger partial charge in [0.15, 0.2) is 5.82 Å². The minimum atomic E-state index is -4.83. The molecule has 2 amide bonds. The lowest BCUT2D eigenvalue weighted by Crippen LogP contribution is -2.41. The van der Waals surface area contributed by atoms with Crippen molar-refractivity contribution in [3.05, 3.63) is 59.8 Å². The summed E-state index contributed by atoms with van der Waals surface area (Å²) in [6.07, 6.45) is 0.864.